The monoisotopic (exact) mass is 317 g/mol. The van der Waals surface area contributed by atoms with Crippen LogP contribution in [0.15, 0.2) is 53.1 Å². The van der Waals surface area contributed by atoms with Crippen molar-refractivity contribution in [3.63, 3.8) is 0 Å². The van der Waals surface area contributed by atoms with Crippen molar-refractivity contribution in [2.45, 2.75) is 6.92 Å². The Morgan fingerprint density at radius 1 is 1.12 bits per heavy atom. The lowest BCUT2D eigenvalue weighted by Gasteiger charge is -2.06. The van der Waals surface area contributed by atoms with E-state index in [9.17, 15) is 4.39 Å². The molecule has 24 heavy (non-hydrogen) atoms. The number of aromatic nitrogens is 1. The third kappa shape index (κ3) is 1.99. The number of nitriles is 1. The molecule has 2 aromatic heterocycles. The summed E-state index contributed by atoms with van der Waals surface area (Å²) >= 11 is 0. The Morgan fingerprint density at radius 3 is 2.71 bits per heavy atom. The van der Waals surface area contributed by atoms with Crippen molar-refractivity contribution in [1.82, 2.24) is 0 Å². The zero-order valence-corrected chi connectivity index (χ0v) is 13.3. The van der Waals surface area contributed by atoms with Gasteiger partial charge in [0.15, 0.2) is 6.20 Å². The number of benzene rings is 2. The van der Waals surface area contributed by atoms with Crippen molar-refractivity contribution in [3.8, 4) is 17.3 Å². The van der Waals surface area contributed by atoms with Crippen LogP contribution in [0, 0.1) is 24.1 Å². The van der Waals surface area contributed by atoms with Crippen LogP contribution in [0.5, 0.6) is 0 Å². The van der Waals surface area contributed by atoms with Crippen molar-refractivity contribution in [1.29, 1.82) is 5.26 Å². The van der Waals surface area contributed by atoms with Crippen molar-refractivity contribution in [2.24, 2.45) is 7.05 Å². The molecule has 116 valence electrons. The van der Waals surface area contributed by atoms with Gasteiger partial charge in [0.2, 0.25) is 5.69 Å². The second-order valence-electron chi connectivity index (χ2n) is 5.86. The Kier molecular flexibility index (Phi) is 3.10. The van der Waals surface area contributed by atoms with E-state index >= 15 is 0 Å². The first-order valence-corrected chi connectivity index (χ1v) is 7.60. The van der Waals surface area contributed by atoms with Crippen LogP contribution in [-0.4, -0.2) is 0 Å². The Morgan fingerprint density at radius 2 is 1.96 bits per heavy atom. The molecule has 2 aromatic carbocycles. The molecule has 0 bridgehead atoms. The minimum absolute atomic E-state index is 0.270. The van der Waals surface area contributed by atoms with Crippen LogP contribution < -0.4 is 4.57 Å². The zero-order valence-electron chi connectivity index (χ0n) is 13.3. The Bertz CT molecular complexity index is 1150. The smallest absolute Gasteiger partial charge is 0.216 e. The lowest BCUT2D eigenvalue weighted by atomic mass is 10.00. The van der Waals surface area contributed by atoms with Gasteiger partial charge in [0.25, 0.3) is 0 Å². The summed E-state index contributed by atoms with van der Waals surface area (Å²) in [4.78, 5) is 0. The first-order valence-electron chi connectivity index (χ1n) is 7.60. The summed E-state index contributed by atoms with van der Waals surface area (Å²) in [5.41, 5.74) is 3.91. The van der Waals surface area contributed by atoms with Gasteiger partial charge in [-0.25, -0.2) is 8.96 Å². The molecule has 0 radical (unpaired) electrons. The maximum atomic E-state index is 14.6. The van der Waals surface area contributed by atoms with E-state index in [4.69, 9.17) is 9.68 Å². The Balaban J connectivity index is 2.18. The van der Waals surface area contributed by atoms with E-state index in [0.29, 0.717) is 22.3 Å². The molecule has 0 aliphatic heterocycles. The van der Waals surface area contributed by atoms with E-state index in [1.807, 2.05) is 42.1 Å². The van der Waals surface area contributed by atoms with Gasteiger partial charge in [0.05, 0.1) is 17.2 Å². The number of nitrogens with zero attached hydrogens (tertiary/aromatic N) is 2. The molecular formula is C20H14FN2O+. The first-order chi connectivity index (χ1) is 11.6. The van der Waals surface area contributed by atoms with Gasteiger partial charge in [-0.2, -0.15) is 5.26 Å². The summed E-state index contributed by atoms with van der Waals surface area (Å²) in [6.07, 6.45) is 1.92. The number of hydrogen-bond acceptors (Lipinski definition) is 2. The van der Waals surface area contributed by atoms with Crippen LogP contribution in [-0.2, 0) is 7.05 Å². The van der Waals surface area contributed by atoms with E-state index < -0.39 is 0 Å². The largest absolute Gasteiger partial charge is 0.455 e. The van der Waals surface area contributed by atoms with Crippen molar-refractivity contribution in [3.05, 3.63) is 65.6 Å². The number of fused-ring (bicyclic) bond motifs is 3. The number of hydrogen-bond donors (Lipinski definition) is 0. The highest BCUT2D eigenvalue weighted by atomic mass is 19.1. The number of halogens is 1. The van der Waals surface area contributed by atoms with Crippen LogP contribution in [0.1, 0.15) is 11.1 Å². The van der Waals surface area contributed by atoms with Gasteiger partial charge in [0.1, 0.15) is 24.0 Å². The quantitative estimate of drug-likeness (QED) is 0.488. The van der Waals surface area contributed by atoms with Gasteiger partial charge >= 0.3 is 0 Å². The molecule has 2 heterocycles. The third-order valence-corrected chi connectivity index (χ3v) is 4.40. The van der Waals surface area contributed by atoms with E-state index in [1.54, 1.807) is 19.1 Å². The number of aryl methyl sites for hydroxylation is 1. The molecule has 0 fully saturated rings. The summed E-state index contributed by atoms with van der Waals surface area (Å²) in [5.74, 6) is -0.270. The molecule has 4 heteroatoms. The molecule has 0 saturated heterocycles. The van der Waals surface area contributed by atoms with Crippen LogP contribution in [0.3, 0.4) is 0 Å². The first kappa shape index (κ1) is 14.4. The van der Waals surface area contributed by atoms with Crippen LogP contribution in [0.4, 0.5) is 4.39 Å². The fourth-order valence-corrected chi connectivity index (χ4v) is 3.13. The summed E-state index contributed by atoms with van der Waals surface area (Å²) in [5, 5.41) is 10.6. The molecule has 4 aromatic rings. The maximum absolute atomic E-state index is 14.6. The number of furan rings is 1. The van der Waals surface area contributed by atoms with Crippen molar-refractivity contribution < 1.29 is 13.4 Å². The number of pyridine rings is 1. The van der Waals surface area contributed by atoms with Gasteiger partial charge in [-0.05, 0) is 37.3 Å². The average Bonchev–Trinajstić information content (AvgIpc) is 2.94. The lowest BCUT2D eigenvalue weighted by Crippen LogP contribution is -2.30. The molecule has 3 nitrogen and oxygen atoms in total. The summed E-state index contributed by atoms with van der Waals surface area (Å²) < 4.78 is 22.6. The van der Waals surface area contributed by atoms with Crippen LogP contribution in [0.2, 0.25) is 0 Å². The second kappa shape index (κ2) is 5.17. The normalized spacial score (nSPS) is 11.1. The molecule has 0 N–H and O–H groups in total. The molecular weight excluding hydrogens is 303 g/mol. The van der Waals surface area contributed by atoms with Gasteiger partial charge in [-0.1, -0.05) is 0 Å². The van der Waals surface area contributed by atoms with Crippen molar-refractivity contribution >= 4 is 21.9 Å². The molecule has 0 amide bonds. The van der Waals surface area contributed by atoms with Gasteiger partial charge in [0, 0.05) is 28.5 Å². The highest BCUT2D eigenvalue weighted by molar-refractivity contribution is 6.10. The highest BCUT2D eigenvalue weighted by Gasteiger charge is 2.22. The van der Waals surface area contributed by atoms with Crippen LogP contribution >= 0.6 is 0 Å². The predicted molar refractivity (Wildman–Crippen MR) is 89.7 cm³/mol. The predicted octanol–water partition coefficient (Wildman–Crippen LogP) is 4.40. The fraction of sp³-hybridized carbons (Fsp3) is 0.100. The molecule has 0 spiro atoms. The van der Waals surface area contributed by atoms with Gasteiger partial charge < -0.3 is 4.42 Å². The Hall–Kier alpha value is -3.19. The third-order valence-electron chi connectivity index (χ3n) is 4.40. The molecule has 0 atom stereocenters. The molecule has 0 aliphatic carbocycles. The average molecular weight is 317 g/mol. The van der Waals surface area contributed by atoms with Gasteiger partial charge in [-0.15, -0.1) is 0 Å². The summed E-state index contributed by atoms with van der Waals surface area (Å²) in [7, 11) is 1.92. The van der Waals surface area contributed by atoms with Gasteiger partial charge in [-0.3, -0.25) is 0 Å². The van der Waals surface area contributed by atoms with Crippen LogP contribution in [0.25, 0.3) is 33.2 Å². The summed E-state index contributed by atoms with van der Waals surface area (Å²) in [6.45, 7) is 1.75. The molecule has 0 aliphatic rings. The fourth-order valence-electron chi connectivity index (χ4n) is 3.13. The minimum atomic E-state index is -0.270. The highest BCUT2D eigenvalue weighted by Crippen LogP contribution is 2.38. The second-order valence-corrected chi connectivity index (χ2v) is 5.86. The number of rotatable bonds is 1. The maximum Gasteiger partial charge on any atom is 0.216 e. The minimum Gasteiger partial charge on any atom is -0.455 e. The van der Waals surface area contributed by atoms with Crippen molar-refractivity contribution in [2.75, 3.05) is 0 Å². The standard InChI is InChI=1S/C20H14FN2O/c1-12-16(21)10-15-14-7-6-13(11-22)9-18(14)24-20(15)19(12)17-5-3-4-8-23(17)2/h3-10H,1-2H3/q+1. The molecule has 0 saturated carbocycles. The van der Waals surface area contributed by atoms with E-state index in [1.165, 1.54) is 6.07 Å². The Labute approximate surface area is 138 Å². The van der Waals surface area contributed by atoms with E-state index in [-0.39, 0.29) is 5.82 Å². The SMILES string of the molecule is Cc1c(F)cc2c(oc3cc(C#N)ccc32)c1-c1cccc[n+]1C. The molecule has 0 unspecified atom stereocenters. The zero-order chi connectivity index (χ0) is 16.8. The lowest BCUT2D eigenvalue weighted by molar-refractivity contribution is -0.660. The van der Waals surface area contributed by atoms with E-state index in [2.05, 4.69) is 6.07 Å². The topological polar surface area (TPSA) is 40.8 Å². The van der Waals surface area contributed by atoms with E-state index in [0.717, 1.165) is 22.0 Å². The molecule has 4 rings (SSSR count). The summed E-state index contributed by atoms with van der Waals surface area (Å²) in [6, 6.07) is 14.6.